The number of hydrogen-bond acceptors (Lipinski definition) is 5. The van der Waals surface area contributed by atoms with Crippen LogP contribution in [0.15, 0.2) is 12.1 Å². The number of aromatic hydroxyl groups is 1. The van der Waals surface area contributed by atoms with E-state index in [2.05, 4.69) is 11.0 Å². The van der Waals surface area contributed by atoms with Gasteiger partial charge in [-0.2, -0.15) is 17.0 Å². The van der Waals surface area contributed by atoms with Gasteiger partial charge in [-0.3, -0.25) is 4.90 Å². The zero-order valence-corrected chi connectivity index (χ0v) is 15.9. The fourth-order valence-corrected chi connectivity index (χ4v) is 5.65. The smallest absolute Gasteiger partial charge is 0.282 e. The molecule has 7 nitrogen and oxygen atoms in total. The van der Waals surface area contributed by atoms with Crippen LogP contribution in [0.5, 0.6) is 5.75 Å². The van der Waals surface area contributed by atoms with Crippen LogP contribution in [0.2, 0.25) is 0 Å². The molecule has 26 heavy (non-hydrogen) atoms. The molecule has 1 aliphatic carbocycles. The summed E-state index contributed by atoms with van der Waals surface area (Å²) >= 11 is 0. The van der Waals surface area contributed by atoms with Crippen molar-refractivity contribution in [3.05, 3.63) is 28.8 Å². The first-order chi connectivity index (χ1) is 12.5. The first-order valence-corrected chi connectivity index (χ1v) is 10.8. The standard InChI is InChI=1S/C18H27N3O4S/c22-18-13-16-3-1-2-15(16)12-17(18)14-19-4-6-20(7-5-19)26(23,24)21-8-10-25-11-9-21/h12-13,22H,1-11,14H2. The molecule has 1 aromatic rings. The van der Waals surface area contributed by atoms with E-state index in [9.17, 15) is 13.5 Å². The van der Waals surface area contributed by atoms with Gasteiger partial charge in [0.05, 0.1) is 13.2 Å². The molecule has 0 aromatic heterocycles. The quantitative estimate of drug-likeness (QED) is 0.826. The Morgan fingerprint density at radius 3 is 2.23 bits per heavy atom. The molecule has 2 heterocycles. The third kappa shape index (κ3) is 3.61. The number of phenolic OH excluding ortho intramolecular Hbond substituents is 1. The zero-order chi connectivity index (χ0) is 18.1. The van der Waals surface area contributed by atoms with Gasteiger partial charge in [-0.05, 0) is 36.5 Å². The van der Waals surface area contributed by atoms with E-state index in [1.165, 1.54) is 15.4 Å². The molecule has 4 rings (SSSR count). The Labute approximate surface area is 155 Å². The number of nitrogens with zero attached hydrogens (tertiary/aromatic N) is 3. The van der Waals surface area contributed by atoms with Crippen LogP contribution in [0.25, 0.3) is 0 Å². The van der Waals surface area contributed by atoms with Gasteiger partial charge in [-0.25, -0.2) is 0 Å². The molecular formula is C18H27N3O4S. The Balaban J connectivity index is 1.37. The fraction of sp³-hybridized carbons (Fsp3) is 0.667. The van der Waals surface area contributed by atoms with Gasteiger partial charge in [0.1, 0.15) is 5.75 Å². The number of hydrogen-bond donors (Lipinski definition) is 1. The van der Waals surface area contributed by atoms with E-state index in [4.69, 9.17) is 4.74 Å². The van der Waals surface area contributed by atoms with Crippen molar-refractivity contribution in [3.63, 3.8) is 0 Å². The van der Waals surface area contributed by atoms with Gasteiger partial charge in [0.2, 0.25) is 0 Å². The van der Waals surface area contributed by atoms with Crippen molar-refractivity contribution in [2.45, 2.75) is 25.8 Å². The largest absolute Gasteiger partial charge is 0.508 e. The van der Waals surface area contributed by atoms with Crippen molar-refractivity contribution in [2.24, 2.45) is 0 Å². The molecule has 2 fully saturated rings. The predicted molar refractivity (Wildman–Crippen MR) is 98.3 cm³/mol. The number of piperazine rings is 1. The lowest BCUT2D eigenvalue weighted by Gasteiger charge is -2.37. The van der Waals surface area contributed by atoms with E-state index in [0.29, 0.717) is 64.8 Å². The zero-order valence-electron chi connectivity index (χ0n) is 15.1. The molecule has 0 saturated carbocycles. The summed E-state index contributed by atoms with van der Waals surface area (Å²) in [6.45, 7) is 4.83. The summed E-state index contributed by atoms with van der Waals surface area (Å²) in [5, 5.41) is 10.3. The lowest BCUT2D eigenvalue weighted by Crippen LogP contribution is -2.54. The first-order valence-electron chi connectivity index (χ1n) is 9.43. The second-order valence-corrected chi connectivity index (χ2v) is 9.23. The van der Waals surface area contributed by atoms with Crippen LogP contribution in [0.4, 0.5) is 0 Å². The number of ether oxygens (including phenoxy) is 1. The van der Waals surface area contributed by atoms with Crippen LogP contribution in [0.3, 0.4) is 0 Å². The third-order valence-corrected chi connectivity index (χ3v) is 7.68. The monoisotopic (exact) mass is 381 g/mol. The van der Waals surface area contributed by atoms with Crippen LogP contribution in [0.1, 0.15) is 23.1 Å². The number of morpholine rings is 1. The Hall–Kier alpha value is -1.19. The lowest BCUT2D eigenvalue weighted by molar-refractivity contribution is 0.0684. The van der Waals surface area contributed by atoms with Crippen molar-refractivity contribution >= 4 is 10.2 Å². The van der Waals surface area contributed by atoms with Crippen molar-refractivity contribution in [1.82, 2.24) is 13.5 Å². The maximum absolute atomic E-state index is 12.7. The Bertz CT molecular complexity index is 754. The fourth-order valence-electron chi connectivity index (χ4n) is 4.09. The van der Waals surface area contributed by atoms with Crippen LogP contribution >= 0.6 is 0 Å². The molecule has 2 aliphatic heterocycles. The SMILES string of the molecule is O=S(=O)(N1CCOCC1)N1CCN(Cc2cc3c(cc2O)CCC3)CC1. The highest BCUT2D eigenvalue weighted by atomic mass is 32.2. The third-order valence-electron chi connectivity index (χ3n) is 5.64. The van der Waals surface area contributed by atoms with Crippen molar-refractivity contribution in [3.8, 4) is 5.75 Å². The van der Waals surface area contributed by atoms with Gasteiger partial charge in [0, 0.05) is 51.4 Å². The molecule has 0 atom stereocenters. The molecule has 2 saturated heterocycles. The van der Waals surface area contributed by atoms with Crippen molar-refractivity contribution in [1.29, 1.82) is 0 Å². The summed E-state index contributed by atoms with van der Waals surface area (Å²) in [5.74, 6) is 0.369. The normalized spacial score (nSPS) is 23.2. The number of aryl methyl sites for hydroxylation is 2. The van der Waals surface area contributed by atoms with Crippen LogP contribution in [0, 0.1) is 0 Å². The Morgan fingerprint density at radius 2 is 1.54 bits per heavy atom. The molecule has 0 spiro atoms. The minimum Gasteiger partial charge on any atom is -0.508 e. The highest BCUT2D eigenvalue weighted by Crippen LogP contribution is 2.30. The van der Waals surface area contributed by atoms with Gasteiger partial charge in [0.25, 0.3) is 10.2 Å². The summed E-state index contributed by atoms with van der Waals surface area (Å²) in [7, 11) is -3.39. The summed E-state index contributed by atoms with van der Waals surface area (Å²) in [4.78, 5) is 2.22. The second kappa shape index (κ2) is 7.44. The van der Waals surface area contributed by atoms with Crippen LogP contribution < -0.4 is 0 Å². The molecular weight excluding hydrogens is 354 g/mol. The molecule has 8 heteroatoms. The molecule has 0 unspecified atom stereocenters. The van der Waals surface area contributed by atoms with Crippen molar-refractivity contribution < 1.29 is 18.3 Å². The molecule has 0 radical (unpaired) electrons. The van der Waals surface area contributed by atoms with Gasteiger partial charge in [0.15, 0.2) is 0 Å². The maximum atomic E-state index is 12.7. The van der Waals surface area contributed by atoms with E-state index in [1.807, 2.05) is 6.07 Å². The minimum absolute atomic E-state index is 0.369. The lowest BCUT2D eigenvalue weighted by atomic mass is 10.0. The average Bonchev–Trinajstić information content (AvgIpc) is 3.10. The Morgan fingerprint density at radius 1 is 0.923 bits per heavy atom. The number of fused-ring (bicyclic) bond motifs is 1. The predicted octanol–water partition coefficient (Wildman–Crippen LogP) is 0.576. The highest BCUT2D eigenvalue weighted by Gasteiger charge is 2.33. The van der Waals surface area contributed by atoms with Gasteiger partial charge >= 0.3 is 0 Å². The number of rotatable bonds is 4. The van der Waals surface area contributed by atoms with E-state index in [1.54, 1.807) is 4.31 Å². The first kappa shape index (κ1) is 18.2. The molecule has 3 aliphatic rings. The van der Waals surface area contributed by atoms with Gasteiger partial charge in [-0.15, -0.1) is 0 Å². The minimum atomic E-state index is -3.39. The summed E-state index contributed by atoms with van der Waals surface area (Å²) in [6.07, 6.45) is 3.31. The van der Waals surface area contributed by atoms with E-state index in [0.717, 1.165) is 24.8 Å². The summed E-state index contributed by atoms with van der Waals surface area (Å²) in [6, 6.07) is 4.05. The van der Waals surface area contributed by atoms with E-state index in [-0.39, 0.29) is 0 Å². The number of phenols is 1. The Kier molecular flexibility index (Phi) is 5.20. The molecule has 1 N–H and O–H groups in total. The van der Waals surface area contributed by atoms with E-state index < -0.39 is 10.2 Å². The van der Waals surface area contributed by atoms with Crippen molar-refractivity contribution in [2.75, 3.05) is 52.5 Å². The summed E-state index contributed by atoms with van der Waals surface area (Å²) < 4.78 is 33.8. The molecule has 0 bridgehead atoms. The van der Waals surface area contributed by atoms with E-state index >= 15 is 0 Å². The van der Waals surface area contributed by atoms with Gasteiger partial charge < -0.3 is 9.84 Å². The number of benzene rings is 1. The van der Waals surface area contributed by atoms with Crippen LogP contribution in [-0.4, -0.2) is 79.5 Å². The van der Waals surface area contributed by atoms with Gasteiger partial charge in [-0.1, -0.05) is 6.07 Å². The van der Waals surface area contributed by atoms with Crippen LogP contribution in [-0.2, 0) is 34.3 Å². The summed E-state index contributed by atoms with van der Waals surface area (Å²) in [5.41, 5.74) is 3.58. The molecule has 144 valence electrons. The maximum Gasteiger partial charge on any atom is 0.282 e. The second-order valence-electron chi connectivity index (χ2n) is 7.30. The molecule has 1 aromatic carbocycles. The average molecular weight is 381 g/mol. The topological polar surface area (TPSA) is 73.3 Å². The highest BCUT2D eigenvalue weighted by molar-refractivity contribution is 7.86. The molecule has 0 amide bonds.